The number of carbonyl (C=O) groups excluding carboxylic acids is 2. The molecule has 2 amide bonds. The van der Waals surface area contributed by atoms with Gasteiger partial charge in [-0.1, -0.05) is 60.3 Å². The molecule has 2 heterocycles. The third-order valence-electron chi connectivity index (χ3n) is 6.93. The van der Waals surface area contributed by atoms with E-state index in [1.807, 2.05) is 32.6 Å². The molecule has 1 aromatic rings. The Hall–Kier alpha value is -2.20. The molecule has 3 aliphatic rings. The Morgan fingerprint density at radius 3 is 2.54 bits per heavy atom. The molecule has 1 saturated heterocycles. The van der Waals surface area contributed by atoms with Crippen LogP contribution < -0.4 is 15.8 Å². The monoisotopic (exact) mass is 514 g/mol. The van der Waals surface area contributed by atoms with Gasteiger partial charge in [0, 0.05) is 13.1 Å². The number of rotatable bonds is 9. The lowest BCUT2D eigenvalue weighted by Gasteiger charge is -2.24. The van der Waals surface area contributed by atoms with Crippen LogP contribution in [0.15, 0.2) is 0 Å². The van der Waals surface area contributed by atoms with Gasteiger partial charge in [-0.3, -0.25) is 25.6 Å². The van der Waals surface area contributed by atoms with Crippen LogP contribution in [0.25, 0.3) is 0 Å². The number of aromatic nitrogens is 2. The van der Waals surface area contributed by atoms with E-state index in [0.717, 1.165) is 32.1 Å². The first-order valence-electron chi connectivity index (χ1n) is 12.7. The number of halogens is 2. The predicted octanol–water partition coefficient (Wildman–Crippen LogP) is 4.65. The van der Waals surface area contributed by atoms with Gasteiger partial charge in [0.2, 0.25) is 23.4 Å². The predicted molar refractivity (Wildman–Crippen MR) is 135 cm³/mol. The number of amides is 2. The lowest BCUT2D eigenvalue weighted by atomic mass is 9.92. The van der Waals surface area contributed by atoms with Gasteiger partial charge in [-0.25, -0.2) is 5.06 Å². The third kappa shape index (κ3) is 7.39. The number of carbonyl (C=O) groups is 2. The maximum Gasteiger partial charge on any atom is 0.243 e. The molecule has 4 rings (SSSR count). The quantitative estimate of drug-likeness (QED) is 0.190. The summed E-state index contributed by atoms with van der Waals surface area (Å²) < 4.78 is 15.1. The van der Waals surface area contributed by atoms with Crippen LogP contribution in [0.3, 0.4) is 0 Å². The Bertz CT molecular complexity index is 857. The zero-order chi connectivity index (χ0) is 26.2. The van der Waals surface area contributed by atoms with Gasteiger partial charge in [-0.2, -0.15) is 14.4 Å². The summed E-state index contributed by atoms with van der Waals surface area (Å²) >= 11 is 6.01. The molecule has 3 atom stereocenters. The van der Waals surface area contributed by atoms with Gasteiger partial charge in [0.1, 0.15) is 0 Å². The number of anilines is 2. The molecule has 9 nitrogen and oxygen atoms in total. The first-order valence-corrected chi connectivity index (χ1v) is 13.1. The number of hydrogen-bond donors (Lipinski definition) is 3. The van der Waals surface area contributed by atoms with E-state index in [1.54, 1.807) is 0 Å². The van der Waals surface area contributed by atoms with Crippen molar-refractivity contribution in [2.45, 2.75) is 73.1 Å². The average Bonchev–Trinajstić information content (AvgIpc) is 3.19. The molecule has 3 N–H and O–H groups in total. The standard InChI is InChI=1S/C20H28ClFN6O3.2C2H6/c1-20-7-14(20)9-27(10-20)17-15(22)16(23-19(21)24-17)25-26-18(30)13(8-28(31)11-29)6-12-4-2-3-5-12;2*1-2/h11-14,31H,2-10H2,1H3,(H,26,30)(H,23,24,25);2*1-2H3. The second-order valence-electron chi connectivity index (χ2n) is 9.34. The molecule has 0 spiro atoms. The highest BCUT2D eigenvalue weighted by atomic mass is 35.5. The number of nitrogens with one attached hydrogen (secondary N) is 2. The van der Waals surface area contributed by atoms with E-state index in [1.165, 1.54) is 0 Å². The molecule has 11 heteroatoms. The van der Waals surface area contributed by atoms with Crippen molar-refractivity contribution in [2.24, 2.45) is 23.2 Å². The summed E-state index contributed by atoms with van der Waals surface area (Å²) in [6, 6.07) is 0. The molecule has 0 bridgehead atoms. The van der Waals surface area contributed by atoms with Crippen LogP contribution in [0.5, 0.6) is 0 Å². The fourth-order valence-electron chi connectivity index (χ4n) is 5.02. The number of piperidine rings is 1. The van der Waals surface area contributed by atoms with Crippen LogP contribution in [0.1, 0.15) is 73.1 Å². The zero-order valence-corrected chi connectivity index (χ0v) is 22.2. The van der Waals surface area contributed by atoms with Crippen molar-refractivity contribution in [2.75, 3.05) is 30.0 Å². The number of hydroxylamine groups is 2. The summed E-state index contributed by atoms with van der Waals surface area (Å²) in [6.07, 6.45) is 6.17. The zero-order valence-electron chi connectivity index (χ0n) is 21.5. The molecule has 2 saturated carbocycles. The smallest absolute Gasteiger partial charge is 0.243 e. The van der Waals surface area contributed by atoms with Crippen LogP contribution in [0.4, 0.5) is 16.0 Å². The van der Waals surface area contributed by atoms with Gasteiger partial charge < -0.3 is 4.90 Å². The Balaban J connectivity index is 0.00000103. The number of fused-ring (bicyclic) bond motifs is 1. The molecule has 1 aliphatic heterocycles. The Kier molecular flexibility index (Phi) is 11.0. The van der Waals surface area contributed by atoms with E-state index in [9.17, 15) is 14.8 Å². The molecular formula is C24H40ClFN6O3. The van der Waals surface area contributed by atoms with Gasteiger partial charge in [0.05, 0.1) is 12.5 Å². The van der Waals surface area contributed by atoms with Crippen molar-refractivity contribution >= 4 is 35.6 Å². The lowest BCUT2D eigenvalue weighted by Crippen LogP contribution is -2.41. The van der Waals surface area contributed by atoms with Crippen LogP contribution in [0.2, 0.25) is 5.28 Å². The minimum absolute atomic E-state index is 0.121. The molecule has 0 aromatic carbocycles. The highest BCUT2D eigenvalue weighted by molar-refractivity contribution is 6.28. The maximum atomic E-state index is 15.1. The Morgan fingerprint density at radius 1 is 1.31 bits per heavy atom. The van der Waals surface area contributed by atoms with E-state index < -0.39 is 17.6 Å². The maximum absolute atomic E-state index is 15.1. The van der Waals surface area contributed by atoms with Crippen molar-refractivity contribution < 1.29 is 19.2 Å². The first kappa shape index (κ1) is 29.0. The average molecular weight is 515 g/mol. The highest BCUT2D eigenvalue weighted by Crippen LogP contribution is 2.58. The Morgan fingerprint density at radius 2 is 1.97 bits per heavy atom. The molecule has 35 heavy (non-hydrogen) atoms. The highest BCUT2D eigenvalue weighted by Gasteiger charge is 2.56. The van der Waals surface area contributed by atoms with E-state index in [0.29, 0.717) is 36.4 Å². The molecule has 198 valence electrons. The first-order chi connectivity index (χ1) is 16.8. The van der Waals surface area contributed by atoms with E-state index in [2.05, 4.69) is 27.7 Å². The second-order valence-corrected chi connectivity index (χ2v) is 9.68. The second kappa shape index (κ2) is 13.2. The Labute approximate surface area is 212 Å². The van der Waals surface area contributed by atoms with Crippen molar-refractivity contribution in [1.29, 1.82) is 0 Å². The molecule has 0 radical (unpaired) electrons. The summed E-state index contributed by atoms with van der Waals surface area (Å²) in [5.41, 5.74) is 5.19. The molecule has 1 aromatic heterocycles. The van der Waals surface area contributed by atoms with Gasteiger partial charge in [-0.15, -0.1) is 0 Å². The number of hydrogen-bond acceptors (Lipinski definition) is 7. The summed E-state index contributed by atoms with van der Waals surface area (Å²) in [7, 11) is 0. The topological polar surface area (TPSA) is 111 Å². The number of nitrogens with zero attached hydrogens (tertiary/aromatic N) is 4. The van der Waals surface area contributed by atoms with Crippen LogP contribution in [-0.2, 0) is 9.59 Å². The van der Waals surface area contributed by atoms with E-state index in [4.69, 9.17) is 11.6 Å². The van der Waals surface area contributed by atoms with Crippen molar-refractivity contribution in [1.82, 2.24) is 20.5 Å². The molecular weight excluding hydrogens is 475 g/mol. The fraction of sp³-hybridized carbons (Fsp3) is 0.750. The summed E-state index contributed by atoms with van der Waals surface area (Å²) in [6.45, 7) is 11.5. The van der Waals surface area contributed by atoms with Gasteiger partial charge in [-0.05, 0) is 41.7 Å². The molecule has 3 unspecified atom stereocenters. The van der Waals surface area contributed by atoms with Gasteiger partial charge in [0.25, 0.3) is 0 Å². The van der Waals surface area contributed by atoms with Crippen LogP contribution in [-0.4, -0.2) is 52.2 Å². The van der Waals surface area contributed by atoms with Gasteiger partial charge >= 0.3 is 0 Å². The van der Waals surface area contributed by atoms with Crippen molar-refractivity contribution in [3.8, 4) is 0 Å². The SMILES string of the molecule is CC.CC.CC12CC1CN(c1nc(Cl)nc(NNC(=O)C(CC3CCCC3)CN(O)C=O)c1F)C2. The van der Waals surface area contributed by atoms with Gasteiger partial charge in [0.15, 0.2) is 11.6 Å². The van der Waals surface area contributed by atoms with E-state index >= 15 is 4.39 Å². The van der Waals surface area contributed by atoms with Crippen molar-refractivity contribution in [3.05, 3.63) is 11.1 Å². The third-order valence-corrected chi connectivity index (χ3v) is 7.10. The summed E-state index contributed by atoms with van der Waals surface area (Å²) in [5, 5.41) is 9.92. The molecule has 3 fully saturated rings. The summed E-state index contributed by atoms with van der Waals surface area (Å²) in [5.74, 6) is -0.989. The molecule has 2 aliphatic carbocycles. The van der Waals surface area contributed by atoms with Crippen LogP contribution in [0, 0.1) is 29.0 Å². The lowest BCUT2D eigenvalue weighted by molar-refractivity contribution is -0.154. The summed E-state index contributed by atoms with van der Waals surface area (Å²) in [4.78, 5) is 33.4. The minimum Gasteiger partial charge on any atom is -0.353 e. The fourth-order valence-corrected chi connectivity index (χ4v) is 5.18. The largest absolute Gasteiger partial charge is 0.353 e. The van der Waals surface area contributed by atoms with E-state index in [-0.39, 0.29) is 35.3 Å². The van der Waals surface area contributed by atoms with Crippen molar-refractivity contribution in [3.63, 3.8) is 0 Å². The van der Waals surface area contributed by atoms with Crippen LogP contribution >= 0.6 is 11.6 Å². The normalized spacial score (nSPS) is 23.2. The number of hydrazine groups is 1. The minimum atomic E-state index is -0.682.